The average molecular weight is 249 g/mol. The van der Waals surface area contributed by atoms with Gasteiger partial charge < -0.3 is 4.42 Å². The van der Waals surface area contributed by atoms with Crippen LogP contribution >= 0.6 is 11.6 Å². The minimum Gasteiger partial charge on any atom is -0.461 e. The van der Waals surface area contributed by atoms with E-state index in [0.717, 1.165) is 28.5 Å². The fourth-order valence-electron chi connectivity index (χ4n) is 1.89. The Hall–Kier alpha value is -1.21. The van der Waals surface area contributed by atoms with Gasteiger partial charge in [-0.1, -0.05) is 24.9 Å². The SMILES string of the molecule is CCCCc1cc(-c2ccc(Cl)cc2)oc1C. The summed E-state index contributed by atoms with van der Waals surface area (Å²) in [5.41, 5.74) is 2.40. The molecule has 90 valence electrons. The molecule has 0 spiro atoms. The average Bonchev–Trinajstić information content (AvgIpc) is 2.69. The van der Waals surface area contributed by atoms with Crippen molar-refractivity contribution in [1.29, 1.82) is 0 Å². The summed E-state index contributed by atoms with van der Waals surface area (Å²) in [6.45, 7) is 4.24. The fraction of sp³-hybridized carbons (Fsp3) is 0.333. The van der Waals surface area contributed by atoms with E-state index in [9.17, 15) is 0 Å². The highest BCUT2D eigenvalue weighted by Crippen LogP contribution is 2.27. The molecule has 2 heteroatoms. The molecule has 17 heavy (non-hydrogen) atoms. The maximum Gasteiger partial charge on any atom is 0.134 e. The Morgan fingerprint density at radius 1 is 1.18 bits per heavy atom. The van der Waals surface area contributed by atoms with Crippen LogP contribution in [0.3, 0.4) is 0 Å². The van der Waals surface area contributed by atoms with Crippen LogP contribution < -0.4 is 0 Å². The van der Waals surface area contributed by atoms with E-state index >= 15 is 0 Å². The zero-order chi connectivity index (χ0) is 12.3. The molecule has 0 aliphatic carbocycles. The standard InChI is InChI=1S/C15H17ClO/c1-3-4-5-13-10-15(17-11(13)2)12-6-8-14(16)9-7-12/h6-10H,3-5H2,1-2H3. The van der Waals surface area contributed by atoms with Gasteiger partial charge in [-0.2, -0.15) is 0 Å². The summed E-state index contributed by atoms with van der Waals surface area (Å²) in [5, 5.41) is 0.753. The molecule has 1 nitrogen and oxygen atoms in total. The van der Waals surface area contributed by atoms with Gasteiger partial charge in [0, 0.05) is 10.6 Å². The van der Waals surface area contributed by atoms with Crippen LogP contribution in [0.2, 0.25) is 5.02 Å². The quantitative estimate of drug-likeness (QED) is 0.720. The number of furan rings is 1. The van der Waals surface area contributed by atoms with Crippen molar-refractivity contribution in [3.05, 3.63) is 46.7 Å². The lowest BCUT2D eigenvalue weighted by atomic mass is 10.1. The molecule has 0 fully saturated rings. The van der Waals surface area contributed by atoms with E-state index in [-0.39, 0.29) is 0 Å². The van der Waals surface area contributed by atoms with Crippen molar-refractivity contribution in [1.82, 2.24) is 0 Å². The summed E-state index contributed by atoms with van der Waals surface area (Å²) < 4.78 is 5.79. The lowest BCUT2D eigenvalue weighted by Crippen LogP contribution is -1.82. The van der Waals surface area contributed by atoms with Crippen LogP contribution in [-0.4, -0.2) is 0 Å². The highest BCUT2D eigenvalue weighted by Gasteiger charge is 2.08. The molecule has 0 amide bonds. The largest absolute Gasteiger partial charge is 0.461 e. The maximum absolute atomic E-state index is 5.87. The summed E-state index contributed by atoms with van der Waals surface area (Å²) in [6.07, 6.45) is 3.51. The third-order valence-electron chi connectivity index (χ3n) is 2.95. The lowest BCUT2D eigenvalue weighted by Gasteiger charge is -1.95. The smallest absolute Gasteiger partial charge is 0.134 e. The third-order valence-corrected chi connectivity index (χ3v) is 3.20. The third kappa shape index (κ3) is 2.92. The van der Waals surface area contributed by atoms with Gasteiger partial charge >= 0.3 is 0 Å². The summed E-state index contributed by atoms with van der Waals surface area (Å²) in [5.74, 6) is 1.97. The van der Waals surface area contributed by atoms with Crippen molar-refractivity contribution < 1.29 is 4.42 Å². The number of aryl methyl sites for hydroxylation is 2. The molecule has 0 saturated carbocycles. The summed E-state index contributed by atoms with van der Waals surface area (Å²) in [7, 11) is 0. The highest BCUT2D eigenvalue weighted by atomic mass is 35.5. The van der Waals surface area contributed by atoms with Gasteiger partial charge in [-0.15, -0.1) is 0 Å². The minimum absolute atomic E-state index is 0.753. The first kappa shape index (κ1) is 12.3. The van der Waals surface area contributed by atoms with Crippen molar-refractivity contribution in [3.63, 3.8) is 0 Å². The van der Waals surface area contributed by atoms with Crippen molar-refractivity contribution in [3.8, 4) is 11.3 Å². The molecular formula is C15H17ClO. The molecule has 0 unspecified atom stereocenters. The van der Waals surface area contributed by atoms with E-state index in [1.807, 2.05) is 31.2 Å². The predicted molar refractivity (Wildman–Crippen MR) is 72.5 cm³/mol. The van der Waals surface area contributed by atoms with Crippen LogP contribution in [0.4, 0.5) is 0 Å². The van der Waals surface area contributed by atoms with E-state index < -0.39 is 0 Å². The first-order valence-corrected chi connectivity index (χ1v) is 6.43. The number of halogens is 1. The second-order valence-electron chi connectivity index (χ2n) is 4.30. The van der Waals surface area contributed by atoms with E-state index in [0.29, 0.717) is 0 Å². The zero-order valence-corrected chi connectivity index (χ0v) is 11.1. The Kier molecular flexibility index (Phi) is 3.90. The first-order valence-electron chi connectivity index (χ1n) is 6.06. The molecule has 0 N–H and O–H groups in total. The van der Waals surface area contributed by atoms with Crippen molar-refractivity contribution in [2.24, 2.45) is 0 Å². The van der Waals surface area contributed by atoms with Gasteiger partial charge in [0.15, 0.2) is 0 Å². The number of hydrogen-bond acceptors (Lipinski definition) is 1. The maximum atomic E-state index is 5.87. The normalized spacial score (nSPS) is 10.8. The number of benzene rings is 1. The molecule has 0 atom stereocenters. The molecule has 2 rings (SSSR count). The number of unbranched alkanes of at least 4 members (excludes halogenated alkanes) is 1. The topological polar surface area (TPSA) is 13.1 Å². The molecule has 0 bridgehead atoms. The molecule has 1 aromatic heterocycles. The lowest BCUT2D eigenvalue weighted by molar-refractivity contribution is 0.542. The van der Waals surface area contributed by atoms with Crippen LogP contribution in [0.25, 0.3) is 11.3 Å². The van der Waals surface area contributed by atoms with E-state index in [4.69, 9.17) is 16.0 Å². The Bertz CT molecular complexity index is 482. The molecule has 0 radical (unpaired) electrons. The van der Waals surface area contributed by atoms with Crippen molar-refractivity contribution in [2.75, 3.05) is 0 Å². The van der Waals surface area contributed by atoms with Gasteiger partial charge in [0.2, 0.25) is 0 Å². The Labute approximate surface area is 107 Å². The zero-order valence-electron chi connectivity index (χ0n) is 10.3. The van der Waals surface area contributed by atoms with Crippen molar-refractivity contribution >= 4 is 11.6 Å². The van der Waals surface area contributed by atoms with Crippen LogP contribution in [-0.2, 0) is 6.42 Å². The molecule has 1 heterocycles. The van der Waals surface area contributed by atoms with Gasteiger partial charge in [-0.3, -0.25) is 0 Å². The molecule has 0 aliphatic rings. The Balaban J connectivity index is 2.24. The second kappa shape index (κ2) is 5.42. The predicted octanol–water partition coefficient (Wildman–Crippen LogP) is 5.25. The van der Waals surface area contributed by atoms with Gasteiger partial charge in [-0.05, 0) is 55.7 Å². The van der Waals surface area contributed by atoms with Gasteiger partial charge in [-0.25, -0.2) is 0 Å². The molecule has 0 aliphatic heterocycles. The fourth-order valence-corrected chi connectivity index (χ4v) is 2.02. The van der Waals surface area contributed by atoms with Crippen LogP contribution in [0, 0.1) is 6.92 Å². The minimum atomic E-state index is 0.753. The molecule has 0 saturated heterocycles. The van der Waals surface area contributed by atoms with Crippen molar-refractivity contribution in [2.45, 2.75) is 33.1 Å². The van der Waals surface area contributed by atoms with Crippen LogP contribution in [0.5, 0.6) is 0 Å². The van der Waals surface area contributed by atoms with Crippen LogP contribution in [0.15, 0.2) is 34.7 Å². The van der Waals surface area contributed by atoms with Gasteiger partial charge in [0.25, 0.3) is 0 Å². The first-order chi connectivity index (χ1) is 8.20. The molecular weight excluding hydrogens is 232 g/mol. The number of rotatable bonds is 4. The highest BCUT2D eigenvalue weighted by molar-refractivity contribution is 6.30. The monoisotopic (exact) mass is 248 g/mol. The summed E-state index contributed by atoms with van der Waals surface area (Å²) >= 11 is 5.87. The van der Waals surface area contributed by atoms with E-state index in [1.54, 1.807) is 0 Å². The van der Waals surface area contributed by atoms with E-state index in [2.05, 4.69) is 13.0 Å². The number of hydrogen-bond donors (Lipinski definition) is 0. The second-order valence-corrected chi connectivity index (χ2v) is 4.74. The van der Waals surface area contributed by atoms with E-state index in [1.165, 1.54) is 18.4 Å². The molecule has 2 aromatic rings. The van der Waals surface area contributed by atoms with Gasteiger partial charge in [0.05, 0.1) is 0 Å². The van der Waals surface area contributed by atoms with Gasteiger partial charge in [0.1, 0.15) is 11.5 Å². The summed E-state index contributed by atoms with van der Waals surface area (Å²) in [6, 6.07) is 9.91. The Morgan fingerprint density at radius 3 is 2.53 bits per heavy atom. The summed E-state index contributed by atoms with van der Waals surface area (Å²) in [4.78, 5) is 0. The molecule has 1 aromatic carbocycles. The van der Waals surface area contributed by atoms with Crippen LogP contribution in [0.1, 0.15) is 31.1 Å². The Morgan fingerprint density at radius 2 is 1.88 bits per heavy atom.